The zero-order valence-electron chi connectivity index (χ0n) is 13.0. The third kappa shape index (κ3) is 3.01. The van der Waals surface area contributed by atoms with Crippen molar-refractivity contribution in [1.29, 1.82) is 0 Å². The minimum Gasteiger partial charge on any atom is -0.394 e. The van der Waals surface area contributed by atoms with Crippen molar-refractivity contribution in [3.63, 3.8) is 0 Å². The molecule has 9 heteroatoms. The van der Waals surface area contributed by atoms with Crippen molar-refractivity contribution >= 4 is 17.0 Å². The second-order valence-electron chi connectivity index (χ2n) is 5.41. The first kappa shape index (κ1) is 15.4. The van der Waals surface area contributed by atoms with E-state index < -0.39 is 6.10 Å². The lowest BCUT2D eigenvalue weighted by Gasteiger charge is -2.18. The van der Waals surface area contributed by atoms with Crippen molar-refractivity contribution in [3.8, 4) is 0 Å². The summed E-state index contributed by atoms with van der Waals surface area (Å²) in [6, 6.07) is 1.95. The van der Waals surface area contributed by atoms with Crippen LogP contribution in [0.3, 0.4) is 0 Å². The molecule has 3 heterocycles. The monoisotopic (exact) mass is 317 g/mol. The number of fused-ring (bicyclic) bond motifs is 1. The lowest BCUT2D eigenvalue weighted by molar-refractivity contribution is 0.0820. The van der Waals surface area contributed by atoms with Gasteiger partial charge in [0.15, 0.2) is 17.0 Å². The molecule has 0 saturated heterocycles. The number of imidazole rings is 1. The molecule has 0 fully saturated rings. The highest BCUT2D eigenvalue weighted by Crippen LogP contribution is 2.21. The molecule has 3 aromatic heterocycles. The van der Waals surface area contributed by atoms with E-state index in [0.29, 0.717) is 23.5 Å². The van der Waals surface area contributed by atoms with Gasteiger partial charge >= 0.3 is 0 Å². The normalized spacial score (nSPS) is 12.7. The minimum absolute atomic E-state index is 0.231. The van der Waals surface area contributed by atoms with Crippen LogP contribution in [0.25, 0.3) is 11.2 Å². The molecule has 1 atom stereocenters. The van der Waals surface area contributed by atoms with Gasteiger partial charge in [-0.1, -0.05) is 0 Å². The number of aliphatic hydroxyl groups excluding tert-OH is 2. The van der Waals surface area contributed by atoms with E-state index in [1.54, 1.807) is 17.1 Å². The molecule has 2 N–H and O–H groups in total. The van der Waals surface area contributed by atoms with Crippen LogP contribution in [0.2, 0.25) is 0 Å². The van der Waals surface area contributed by atoms with Crippen LogP contribution in [-0.2, 0) is 20.1 Å². The van der Waals surface area contributed by atoms with E-state index >= 15 is 0 Å². The average molecular weight is 317 g/mol. The Morgan fingerprint density at radius 2 is 2.13 bits per heavy atom. The second kappa shape index (κ2) is 6.31. The van der Waals surface area contributed by atoms with Gasteiger partial charge in [0.1, 0.15) is 6.33 Å². The Bertz CT molecular complexity index is 797. The SMILES string of the molecule is CN(Cc1ccnn1C)c1ncnc2c1ncn2CC(O)CO. The Hall–Kier alpha value is -2.52. The Labute approximate surface area is 132 Å². The topological polar surface area (TPSA) is 105 Å². The molecule has 0 bridgehead atoms. The molecule has 0 spiro atoms. The third-order valence-electron chi connectivity index (χ3n) is 3.68. The van der Waals surface area contributed by atoms with Crippen LogP contribution in [0.1, 0.15) is 5.69 Å². The lowest BCUT2D eigenvalue weighted by Crippen LogP contribution is -2.21. The number of rotatable bonds is 6. The van der Waals surface area contributed by atoms with Gasteiger partial charge in [0.25, 0.3) is 0 Å². The van der Waals surface area contributed by atoms with Crippen LogP contribution in [0.15, 0.2) is 24.9 Å². The fraction of sp³-hybridized carbons (Fsp3) is 0.429. The summed E-state index contributed by atoms with van der Waals surface area (Å²) in [6.07, 6.45) is 3.97. The van der Waals surface area contributed by atoms with Gasteiger partial charge < -0.3 is 19.7 Å². The molecule has 1 unspecified atom stereocenters. The number of aryl methyl sites for hydroxylation is 1. The number of hydrogen-bond acceptors (Lipinski definition) is 7. The number of hydrogen-bond donors (Lipinski definition) is 2. The van der Waals surface area contributed by atoms with E-state index in [4.69, 9.17) is 5.11 Å². The third-order valence-corrected chi connectivity index (χ3v) is 3.68. The fourth-order valence-electron chi connectivity index (χ4n) is 2.44. The van der Waals surface area contributed by atoms with Crippen molar-refractivity contribution in [3.05, 3.63) is 30.6 Å². The van der Waals surface area contributed by atoms with Crippen molar-refractivity contribution in [2.24, 2.45) is 7.05 Å². The van der Waals surface area contributed by atoms with Crippen LogP contribution in [0.4, 0.5) is 5.82 Å². The molecule has 0 aliphatic rings. The Kier molecular flexibility index (Phi) is 4.22. The molecule has 0 aliphatic heterocycles. The van der Waals surface area contributed by atoms with Gasteiger partial charge in [-0.05, 0) is 6.07 Å². The maximum Gasteiger partial charge on any atom is 0.165 e. The Morgan fingerprint density at radius 1 is 1.30 bits per heavy atom. The summed E-state index contributed by atoms with van der Waals surface area (Å²) in [5.74, 6) is 0.702. The molecule has 0 aliphatic carbocycles. The summed E-state index contributed by atoms with van der Waals surface area (Å²) in [7, 11) is 3.82. The largest absolute Gasteiger partial charge is 0.394 e. The number of aliphatic hydroxyl groups is 2. The van der Waals surface area contributed by atoms with E-state index in [0.717, 1.165) is 5.69 Å². The summed E-state index contributed by atoms with van der Waals surface area (Å²) in [5, 5.41) is 22.8. The van der Waals surface area contributed by atoms with Crippen LogP contribution >= 0.6 is 0 Å². The summed E-state index contributed by atoms with van der Waals surface area (Å²) in [4.78, 5) is 14.9. The first-order valence-electron chi connectivity index (χ1n) is 7.23. The molecular weight excluding hydrogens is 298 g/mol. The van der Waals surface area contributed by atoms with Crippen LogP contribution < -0.4 is 4.90 Å². The first-order chi connectivity index (χ1) is 11.1. The number of nitrogens with zero attached hydrogens (tertiary/aromatic N) is 7. The predicted octanol–water partition coefficient (Wildman–Crippen LogP) is -0.451. The van der Waals surface area contributed by atoms with Gasteiger partial charge in [0.2, 0.25) is 0 Å². The number of aromatic nitrogens is 6. The van der Waals surface area contributed by atoms with E-state index in [1.807, 2.05) is 29.7 Å². The van der Waals surface area contributed by atoms with Gasteiger partial charge in [-0.3, -0.25) is 4.68 Å². The molecule has 3 rings (SSSR count). The van der Waals surface area contributed by atoms with E-state index in [9.17, 15) is 5.11 Å². The number of anilines is 1. The molecule has 23 heavy (non-hydrogen) atoms. The predicted molar refractivity (Wildman–Crippen MR) is 83.7 cm³/mol. The highest BCUT2D eigenvalue weighted by Gasteiger charge is 2.16. The first-order valence-corrected chi connectivity index (χ1v) is 7.23. The van der Waals surface area contributed by atoms with Crippen LogP contribution in [0.5, 0.6) is 0 Å². The van der Waals surface area contributed by atoms with Gasteiger partial charge in [-0.15, -0.1) is 0 Å². The molecule has 0 radical (unpaired) electrons. The second-order valence-corrected chi connectivity index (χ2v) is 5.41. The summed E-state index contributed by atoms with van der Waals surface area (Å²) >= 11 is 0. The van der Waals surface area contributed by atoms with Gasteiger partial charge in [-0.2, -0.15) is 5.10 Å². The Balaban J connectivity index is 1.90. The maximum absolute atomic E-state index is 9.61. The smallest absolute Gasteiger partial charge is 0.165 e. The van der Waals surface area contributed by atoms with Crippen molar-refractivity contribution in [2.45, 2.75) is 19.2 Å². The van der Waals surface area contributed by atoms with E-state index in [1.165, 1.54) is 6.33 Å². The van der Waals surface area contributed by atoms with Crippen LogP contribution in [0, 0.1) is 0 Å². The zero-order valence-corrected chi connectivity index (χ0v) is 13.0. The standard InChI is InChI=1S/C14H19N7O2/c1-19(5-10-3-4-18-20(10)2)13-12-14(16-8-15-13)21(9-17-12)6-11(23)7-22/h3-4,8-9,11,22-23H,5-7H2,1-2H3. The molecule has 0 saturated carbocycles. The highest BCUT2D eigenvalue weighted by molar-refractivity contribution is 5.83. The molecule has 0 aromatic carbocycles. The molecule has 9 nitrogen and oxygen atoms in total. The van der Waals surface area contributed by atoms with Crippen molar-refractivity contribution < 1.29 is 10.2 Å². The summed E-state index contributed by atoms with van der Waals surface area (Å²) in [5.41, 5.74) is 2.33. The summed E-state index contributed by atoms with van der Waals surface area (Å²) in [6.45, 7) is 0.557. The van der Waals surface area contributed by atoms with Gasteiger partial charge in [0, 0.05) is 20.3 Å². The van der Waals surface area contributed by atoms with E-state index in [-0.39, 0.29) is 13.2 Å². The molecule has 3 aromatic rings. The van der Waals surface area contributed by atoms with Gasteiger partial charge in [-0.25, -0.2) is 15.0 Å². The summed E-state index contributed by atoms with van der Waals surface area (Å²) < 4.78 is 3.52. The Morgan fingerprint density at radius 3 is 2.83 bits per heavy atom. The van der Waals surface area contributed by atoms with E-state index in [2.05, 4.69) is 20.1 Å². The zero-order chi connectivity index (χ0) is 16.4. The molecule has 122 valence electrons. The van der Waals surface area contributed by atoms with Crippen molar-refractivity contribution in [2.75, 3.05) is 18.6 Å². The minimum atomic E-state index is -0.849. The fourth-order valence-corrected chi connectivity index (χ4v) is 2.44. The quantitative estimate of drug-likeness (QED) is 0.634. The molecular formula is C14H19N7O2. The average Bonchev–Trinajstić information content (AvgIpc) is 3.14. The van der Waals surface area contributed by atoms with Gasteiger partial charge in [0.05, 0.1) is 37.8 Å². The lowest BCUT2D eigenvalue weighted by atomic mass is 10.3. The highest BCUT2D eigenvalue weighted by atomic mass is 16.3. The maximum atomic E-state index is 9.61. The van der Waals surface area contributed by atoms with Crippen LogP contribution in [-0.4, -0.2) is 59.3 Å². The van der Waals surface area contributed by atoms with Crippen molar-refractivity contribution in [1.82, 2.24) is 29.3 Å². The molecule has 0 amide bonds.